The molecule has 0 heterocycles. The normalized spacial score (nSPS) is 13.4. The molecular formula is C20H28N2O4S. The molecule has 1 atom stereocenters. The summed E-state index contributed by atoms with van der Waals surface area (Å²) >= 11 is 0. The van der Waals surface area contributed by atoms with Gasteiger partial charge in [0.25, 0.3) is 0 Å². The van der Waals surface area contributed by atoms with Crippen LogP contribution in [0.4, 0.5) is 5.69 Å². The number of nitrogens with one attached hydrogen (secondary N) is 1. The third-order valence-electron chi connectivity index (χ3n) is 4.48. The van der Waals surface area contributed by atoms with Gasteiger partial charge in [0.15, 0.2) is 0 Å². The number of benzene rings is 2. The predicted octanol–water partition coefficient (Wildman–Crippen LogP) is 3.61. The van der Waals surface area contributed by atoms with Crippen LogP contribution in [0.15, 0.2) is 41.3 Å². The molecule has 2 aromatic carbocycles. The number of hydrogen-bond acceptors (Lipinski definition) is 4. The zero-order valence-electron chi connectivity index (χ0n) is 17.0. The molecule has 0 amide bonds. The highest BCUT2D eigenvalue weighted by Gasteiger charge is 2.26. The molecule has 27 heavy (non-hydrogen) atoms. The number of unbranched alkanes of at least 4 members (excludes halogenated alkanes) is 3. The fourth-order valence-electron chi connectivity index (χ4n) is 3.07. The average molecular weight is 394 g/mol. The molecule has 2 rings (SSSR count). The fourth-order valence-corrected chi connectivity index (χ4v) is 4.47. The Morgan fingerprint density at radius 2 is 1.89 bits per heavy atom. The van der Waals surface area contributed by atoms with Gasteiger partial charge in [-0.25, -0.2) is 8.42 Å². The highest BCUT2D eigenvalue weighted by Crippen LogP contribution is 2.30. The average Bonchev–Trinajstić information content (AvgIpc) is 2.62. The van der Waals surface area contributed by atoms with Crippen LogP contribution in [0, 0.1) is 0 Å². The SMILES string of the molecule is [2H]c1ccc2c(N(C)C)cccc2c1S(=O)(=O)NC(CCCCCC)C(=O)O. The van der Waals surface area contributed by atoms with Crippen LogP contribution in [-0.2, 0) is 14.8 Å². The number of rotatable bonds is 10. The molecule has 0 fully saturated rings. The third-order valence-corrected chi connectivity index (χ3v) is 5.95. The molecule has 0 bridgehead atoms. The maximum atomic E-state index is 13.0. The van der Waals surface area contributed by atoms with Gasteiger partial charge in [-0.1, -0.05) is 56.9 Å². The van der Waals surface area contributed by atoms with Gasteiger partial charge in [0.1, 0.15) is 6.04 Å². The minimum Gasteiger partial charge on any atom is -0.480 e. The summed E-state index contributed by atoms with van der Waals surface area (Å²) in [5.41, 5.74) is 0.823. The van der Waals surface area contributed by atoms with E-state index < -0.39 is 22.0 Å². The lowest BCUT2D eigenvalue weighted by atomic mass is 10.1. The Hall–Kier alpha value is -2.12. The van der Waals surface area contributed by atoms with E-state index in [9.17, 15) is 18.3 Å². The first-order valence-electron chi connectivity index (χ1n) is 9.63. The van der Waals surface area contributed by atoms with Crippen molar-refractivity contribution in [2.45, 2.75) is 50.0 Å². The number of fused-ring (bicyclic) bond motifs is 1. The van der Waals surface area contributed by atoms with Gasteiger partial charge in [-0.3, -0.25) is 4.79 Å². The first-order chi connectivity index (χ1) is 13.2. The smallest absolute Gasteiger partial charge is 0.321 e. The summed E-state index contributed by atoms with van der Waals surface area (Å²) in [5, 5.41) is 10.6. The van der Waals surface area contributed by atoms with E-state index in [-0.39, 0.29) is 17.4 Å². The second-order valence-electron chi connectivity index (χ2n) is 6.80. The molecule has 0 saturated heterocycles. The van der Waals surface area contributed by atoms with Crippen molar-refractivity contribution in [3.63, 3.8) is 0 Å². The van der Waals surface area contributed by atoms with Gasteiger partial charge in [-0.05, 0) is 18.5 Å². The van der Waals surface area contributed by atoms with E-state index in [1.165, 1.54) is 6.07 Å². The summed E-state index contributed by atoms with van der Waals surface area (Å²) in [6.45, 7) is 2.05. The molecule has 1 unspecified atom stereocenters. The first kappa shape index (κ1) is 19.6. The van der Waals surface area contributed by atoms with Crippen LogP contribution in [0.5, 0.6) is 0 Å². The van der Waals surface area contributed by atoms with Crippen molar-refractivity contribution in [1.82, 2.24) is 4.72 Å². The van der Waals surface area contributed by atoms with Crippen molar-refractivity contribution in [2.75, 3.05) is 19.0 Å². The predicted molar refractivity (Wildman–Crippen MR) is 109 cm³/mol. The van der Waals surface area contributed by atoms with Gasteiger partial charge in [-0.15, -0.1) is 0 Å². The lowest BCUT2D eigenvalue weighted by Gasteiger charge is -2.18. The Bertz CT molecular complexity index is 945. The summed E-state index contributed by atoms with van der Waals surface area (Å²) in [4.78, 5) is 13.3. The minimum atomic E-state index is -4.18. The number of sulfonamides is 1. The van der Waals surface area contributed by atoms with Crippen molar-refractivity contribution in [3.8, 4) is 0 Å². The number of carbonyl (C=O) groups is 1. The van der Waals surface area contributed by atoms with Crippen LogP contribution >= 0.6 is 0 Å². The highest BCUT2D eigenvalue weighted by atomic mass is 32.2. The second kappa shape index (κ2) is 9.19. The molecule has 2 N–H and O–H groups in total. The molecule has 0 spiro atoms. The molecule has 7 heteroatoms. The molecule has 2 aromatic rings. The largest absolute Gasteiger partial charge is 0.480 e. The molecule has 6 nitrogen and oxygen atoms in total. The van der Waals surface area contributed by atoms with Crippen LogP contribution in [0.2, 0.25) is 0 Å². The Kier molecular flexibility index (Phi) is 6.68. The van der Waals surface area contributed by atoms with E-state index in [1.54, 1.807) is 18.2 Å². The van der Waals surface area contributed by atoms with E-state index >= 15 is 0 Å². The fraction of sp³-hybridized carbons (Fsp3) is 0.450. The minimum absolute atomic E-state index is 0.161. The quantitative estimate of drug-likeness (QED) is 0.602. The maximum absolute atomic E-state index is 13.0. The van der Waals surface area contributed by atoms with Crippen molar-refractivity contribution >= 4 is 32.5 Å². The zero-order chi connectivity index (χ0) is 20.9. The van der Waals surface area contributed by atoms with E-state index in [0.717, 1.165) is 24.9 Å². The van der Waals surface area contributed by atoms with Crippen LogP contribution < -0.4 is 9.62 Å². The third kappa shape index (κ3) is 5.20. The van der Waals surface area contributed by atoms with Gasteiger partial charge in [0.2, 0.25) is 10.0 Å². The monoisotopic (exact) mass is 393 g/mol. The van der Waals surface area contributed by atoms with Gasteiger partial charge >= 0.3 is 5.97 Å². The van der Waals surface area contributed by atoms with Crippen molar-refractivity contribution in [1.29, 1.82) is 0 Å². The summed E-state index contributed by atoms with van der Waals surface area (Å²) in [6, 6.07) is 7.01. The van der Waals surface area contributed by atoms with Crippen LogP contribution in [-0.4, -0.2) is 39.6 Å². The molecule has 0 aliphatic carbocycles. The molecule has 0 aliphatic rings. The van der Waals surface area contributed by atoms with Gasteiger partial charge in [0.05, 0.1) is 6.27 Å². The Morgan fingerprint density at radius 1 is 1.19 bits per heavy atom. The number of carboxylic acids is 1. The molecule has 0 saturated carbocycles. The lowest BCUT2D eigenvalue weighted by molar-refractivity contribution is -0.139. The molecule has 0 aliphatic heterocycles. The number of anilines is 1. The van der Waals surface area contributed by atoms with Crippen molar-refractivity contribution < 1.29 is 19.7 Å². The first-order valence-corrected chi connectivity index (χ1v) is 10.6. The molecule has 0 aromatic heterocycles. The summed E-state index contributed by atoms with van der Waals surface area (Å²) in [7, 11) is -0.476. The number of hydrogen-bond donors (Lipinski definition) is 2. The van der Waals surface area contributed by atoms with Crippen LogP contribution in [0.3, 0.4) is 0 Å². The van der Waals surface area contributed by atoms with Gasteiger partial charge in [0, 0.05) is 30.6 Å². The van der Waals surface area contributed by atoms with Crippen LogP contribution in [0.25, 0.3) is 10.8 Å². The summed E-state index contributed by atoms with van der Waals surface area (Å²) in [6.07, 6.45) is 3.69. The van der Waals surface area contributed by atoms with Gasteiger partial charge in [-0.2, -0.15) is 4.72 Å². The molecule has 148 valence electrons. The van der Waals surface area contributed by atoms with E-state index in [0.29, 0.717) is 17.2 Å². The topological polar surface area (TPSA) is 86.7 Å². The molecular weight excluding hydrogens is 364 g/mol. The highest BCUT2D eigenvalue weighted by molar-refractivity contribution is 7.89. The van der Waals surface area contributed by atoms with Gasteiger partial charge < -0.3 is 10.0 Å². The zero-order valence-corrected chi connectivity index (χ0v) is 16.8. The maximum Gasteiger partial charge on any atom is 0.321 e. The number of carboxylic acid groups (broad SMARTS) is 1. The second-order valence-corrected chi connectivity index (χ2v) is 8.45. The Balaban J connectivity index is 2.44. The van der Waals surface area contributed by atoms with Crippen molar-refractivity contribution in [2.24, 2.45) is 0 Å². The summed E-state index contributed by atoms with van der Waals surface area (Å²) < 4.78 is 36.5. The Morgan fingerprint density at radius 3 is 2.52 bits per heavy atom. The number of aliphatic carboxylic acids is 1. The van der Waals surface area contributed by atoms with E-state index in [2.05, 4.69) is 11.6 Å². The lowest BCUT2D eigenvalue weighted by Crippen LogP contribution is -2.40. The van der Waals surface area contributed by atoms with Crippen molar-refractivity contribution in [3.05, 3.63) is 36.4 Å². The molecule has 0 radical (unpaired) electrons. The van der Waals surface area contributed by atoms with E-state index in [1.807, 2.05) is 25.1 Å². The number of nitrogens with zero attached hydrogens (tertiary/aromatic N) is 1. The standard InChI is InChI=1S/C20H28N2O4S/c1-4-5-6-7-12-17(20(23)24)21-27(25,26)19-14-9-10-15-16(19)11-8-13-18(15)22(2)3/h8-11,13-14,17,21H,4-7,12H2,1-3H3,(H,23,24)/i14D. The van der Waals surface area contributed by atoms with Crippen LogP contribution in [0.1, 0.15) is 40.4 Å². The van der Waals surface area contributed by atoms with E-state index in [4.69, 9.17) is 1.37 Å². The Labute approximate surface area is 162 Å². The summed E-state index contributed by atoms with van der Waals surface area (Å²) in [5.74, 6) is -1.21.